The molecule has 1 aliphatic carbocycles. The van der Waals surface area contributed by atoms with E-state index in [1.54, 1.807) is 19.9 Å². The molecule has 2 amide bonds. The molecule has 1 heterocycles. The fourth-order valence-electron chi connectivity index (χ4n) is 7.21. The van der Waals surface area contributed by atoms with Crippen molar-refractivity contribution < 1.29 is 27.2 Å². The van der Waals surface area contributed by atoms with Crippen molar-refractivity contribution in [2.24, 2.45) is 5.92 Å². The van der Waals surface area contributed by atoms with Gasteiger partial charge in [-0.25, -0.2) is 4.39 Å². The Morgan fingerprint density at radius 3 is 2.27 bits per heavy atom. The minimum absolute atomic E-state index is 0.0113. The predicted molar refractivity (Wildman–Crippen MR) is 181 cm³/mol. The maximum atomic E-state index is 15.4. The summed E-state index contributed by atoms with van der Waals surface area (Å²) in [4.78, 5) is 30.3. The lowest BCUT2D eigenvalue weighted by Crippen LogP contribution is -2.47. The normalized spacial score (nSPS) is 18.0. The number of aryl methyl sites for hydroxylation is 3. The molecular weight excluding hydrogens is 618 g/mol. The van der Waals surface area contributed by atoms with Crippen molar-refractivity contribution in [2.75, 3.05) is 15.5 Å². The Morgan fingerprint density at radius 1 is 0.896 bits per heavy atom. The van der Waals surface area contributed by atoms with E-state index in [1.165, 1.54) is 42.0 Å². The highest BCUT2D eigenvalue weighted by molar-refractivity contribution is 6.09. The van der Waals surface area contributed by atoms with Crippen LogP contribution in [0.4, 0.5) is 34.6 Å². The molecule has 0 saturated heterocycles. The smallest absolute Gasteiger partial charge is 0.382 e. The van der Waals surface area contributed by atoms with Gasteiger partial charge in [-0.2, -0.15) is 13.2 Å². The van der Waals surface area contributed by atoms with Crippen LogP contribution in [0.15, 0.2) is 78.9 Å². The van der Waals surface area contributed by atoms with Crippen LogP contribution in [0.1, 0.15) is 82.4 Å². The number of alkyl halides is 3. The lowest BCUT2D eigenvalue weighted by molar-refractivity contribution is -0.138. The standard InChI is InChI=1S/C39H39F4N3O2/c1-4-25-13-18-30(22-32(25)39(41,42)43)45-37(47)31-21-27-20-23(2)12-19-34(27)46(38(48)35-24(3)8-7-11-33(35)40)36(31)26-14-16-29(17-15-26)44-28-9-5-6-10-28/h7-8,11-20,22,28,31,36,44H,4-6,9-10,21H2,1-3H3,(H,45,47)/t31-,36-/m0/s1. The first kappa shape index (κ1) is 33.2. The van der Waals surface area contributed by atoms with Crippen LogP contribution in [0.5, 0.6) is 0 Å². The van der Waals surface area contributed by atoms with E-state index in [0.717, 1.165) is 30.2 Å². The lowest BCUT2D eigenvalue weighted by atomic mass is 9.80. The highest BCUT2D eigenvalue weighted by atomic mass is 19.4. The zero-order valence-corrected chi connectivity index (χ0v) is 27.3. The molecule has 1 saturated carbocycles. The monoisotopic (exact) mass is 657 g/mol. The van der Waals surface area contributed by atoms with Crippen LogP contribution in [0.3, 0.4) is 0 Å². The van der Waals surface area contributed by atoms with Gasteiger partial charge in [0.2, 0.25) is 5.91 Å². The van der Waals surface area contributed by atoms with E-state index in [2.05, 4.69) is 10.6 Å². The molecular formula is C39H39F4N3O2. The number of fused-ring (bicyclic) bond motifs is 1. The summed E-state index contributed by atoms with van der Waals surface area (Å²) in [6.45, 7) is 5.21. The van der Waals surface area contributed by atoms with Crippen molar-refractivity contribution in [2.45, 2.75) is 77.6 Å². The number of hydrogen-bond acceptors (Lipinski definition) is 3. The van der Waals surface area contributed by atoms with E-state index in [1.807, 2.05) is 49.4 Å². The number of benzene rings is 4. The van der Waals surface area contributed by atoms with Crippen molar-refractivity contribution in [1.82, 2.24) is 0 Å². The molecule has 9 heteroatoms. The van der Waals surface area contributed by atoms with Crippen LogP contribution in [0.25, 0.3) is 0 Å². The van der Waals surface area contributed by atoms with Gasteiger partial charge in [0.05, 0.1) is 23.1 Å². The molecule has 2 atom stereocenters. The van der Waals surface area contributed by atoms with Crippen LogP contribution >= 0.6 is 0 Å². The summed E-state index contributed by atoms with van der Waals surface area (Å²) >= 11 is 0. The Kier molecular flexibility index (Phi) is 9.32. The van der Waals surface area contributed by atoms with Gasteiger partial charge < -0.3 is 10.6 Å². The second-order valence-corrected chi connectivity index (χ2v) is 13.0. The summed E-state index contributed by atoms with van der Waals surface area (Å²) in [6, 6.07) is 20.9. The fraction of sp³-hybridized carbons (Fsp3) is 0.333. The molecule has 1 fully saturated rings. The van der Waals surface area contributed by atoms with E-state index in [4.69, 9.17) is 0 Å². The van der Waals surface area contributed by atoms with Crippen molar-refractivity contribution in [3.05, 3.63) is 124 Å². The van der Waals surface area contributed by atoms with Crippen LogP contribution in [-0.4, -0.2) is 17.9 Å². The van der Waals surface area contributed by atoms with Gasteiger partial charge in [-0.05, 0) is 98.2 Å². The van der Waals surface area contributed by atoms with Crippen LogP contribution in [0, 0.1) is 25.6 Å². The van der Waals surface area contributed by atoms with Gasteiger partial charge in [-0.3, -0.25) is 14.5 Å². The molecule has 48 heavy (non-hydrogen) atoms. The fourth-order valence-corrected chi connectivity index (χ4v) is 7.21. The minimum atomic E-state index is -4.59. The van der Waals surface area contributed by atoms with Gasteiger partial charge in [-0.15, -0.1) is 0 Å². The Morgan fingerprint density at radius 2 is 1.60 bits per heavy atom. The van der Waals surface area contributed by atoms with E-state index >= 15 is 4.39 Å². The minimum Gasteiger partial charge on any atom is -0.382 e. The van der Waals surface area contributed by atoms with Gasteiger partial charge >= 0.3 is 6.18 Å². The Balaban J connectivity index is 1.45. The molecule has 0 bridgehead atoms. The van der Waals surface area contributed by atoms with E-state index in [9.17, 15) is 22.8 Å². The maximum Gasteiger partial charge on any atom is 0.416 e. The highest BCUT2D eigenvalue weighted by Gasteiger charge is 2.43. The second-order valence-electron chi connectivity index (χ2n) is 13.0. The first-order valence-corrected chi connectivity index (χ1v) is 16.5. The highest BCUT2D eigenvalue weighted by Crippen LogP contribution is 2.45. The van der Waals surface area contributed by atoms with Gasteiger partial charge in [0, 0.05) is 23.1 Å². The third kappa shape index (κ3) is 6.68. The average Bonchev–Trinajstić information content (AvgIpc) is 3.56. The van der Waals surface area contributed by atoms with Crippen LogP contribution in [0.2, 0.25) is 0 Å². The van der Waals surface area contributed by atoms with E-state index in [-0.39, 0.29) is 29.7 Å². The summed E-state index contributed by atoms with van der Waals surface area (Å²) < 4.78 is 57.2. The number of rotatable bonds is 7. The van der Waals surface area contributed by atoms with Gasteiger partial charge in [-0.1, -0.05) is 67.8 Å². The molecule has 250 valence electrons. The molecule has 2 aliphatic rings. The number of halogens is 4. The van der Waals surface area contributed by atoms with Gasteiger partial charge in [0.1, 0.15) is 5.82 Å². The van der Waals surface area contributed by atoms with Crippen molar-refractivity contribution >= 4 is 28.9 Å². The number of carbonyl (C=O) groups excluding carboxylic acids is 2. The third-order valence-electron chi connectivity index (χ3n) is 9.63. The van der Waals surface area contributed by atoms with Crippen LogP contribution in [-0.2, 0) is 23.8 Å². The van der Waals surface area contributed by atoms with E-state index in [0.29, 0.717) is 28.4 Å². The molecule has 5 nitrogen and oxygen atoms in total. The average molecular weight is 658 g/mol. The summed E-state index contributed by atoms with van der Waals surface area (Å²) in [5.41, 5.74) is 3.43. The first-order chi connectivity index (χ1) is 22.9. The molecule has 6 rings (SSSR count). The van der Waals surface area contributed by atoms with Crippen molar-refractivity contribution in [3.8, 4) is 0 Å². The number of nitrogens with zero attached hydrogens (tertiary/aromatic N) is 1. The molecule has 0 unspecified atom stereocenters. The second kappa shape index (κ2) is 13.5. The van der Waals surface area contributed by atoms with E-state index < -0.39 is 41.3 Å². The third-order valence-corrected chi connectivity index (χ3v) is 9.63. The van der Waals surface area contributed by atoms with Crippen molar-refractivity contribution in [1.29, 1.82) is 0 Å². The van der Waals surface area contributed by atoms with Gasteiger partial charge in [0.25, 0.3) is 5.91 Å². The largest absolute Gasteiger partial charge is 0.416 e. The number of nitrogens with one attached hydrogen (secondary N) is 2. The molecule has 2 N–H and O–H groups in total. The maximum absolute atomic E-state index is 15.4. The zero-order valence-electron chi connectivity index (χ0n) is 27.3. The summed E-state index contributed by atoms with van der Waals surface area (Å²) in [5, 5.41) is 6.30. The summed E-state index contributed by atoms with van der Waals surface area (Å²) in [6.07, 6.45) is 0.323. The number of carbonyl (C=O) groups is 2. The Hall–Kier alpha value is -4.66. The number of amides is 2. The topological polar surface area (TPSA) is 61.4 Å². The lowest BCUT2D eigenvalue weighted by Gasteiger charge is -2.42. The van der Waals surface area contributed by atoms with Crippen molar-refractivity contribution in [3.63, 3.8) is 0 Å². The Bertz CT molecular complexity index is 1810. The molecule has 0 radical (unpaired) electrons. The molecule has 4 aromatic carbocycles. The summed E-state index contributed by atoms with van der Waals surface area (Å²) in [5.74, 6) is -2.73. The number of hydrogen-bond donors (Lipinski definition) is 2. The molecule has 0 spiro atoms. The van der Waals surface area contributed by atoms with Crippen LogP contribution < -0.4 is 15.5 Å². The SMILES string of the molecule is CCc1ccc(NC(=O)[C@H]2Cc3cc(C)ccc3N(C(=O)c3c(C)cccc3F)[C@H]2c2ccc(NC3CCCC3)cc2)cc1C(F)(F)F. The summed E-state index contributed by atoms with van der Waals surface area (Å²) in [7, 11) is 0. The quantitative estimate of drug-likeness (QED) is 0.195. The Labute approximate surface area is 278 Å². The molecule has 1 aliphatic heterocycles. The first-order valence-electron chi connectivity index (χ1n) is 16.5. The number of anilines is 3. The zero-order chi connectivity index (χ0) is 34.2. The molecule has 4 aromatic rings. The predicted octanol–water partition coefficient (Wildman–Crippen LogP) is 9.58. The van der Waals surface area contributed by atoms with Gasteiger partial charge in [0.15, 0.2) is 0 Å². The molecule has 0 aromatic heterocycles.